The van der Waals surface area contributed by atoms with Gasteiger partial charge in [-0.05, 0) is 62.1 Å². The maximum atomic E-state index is 13.1. The average Bonchev–Trinajstić information content (AvgIpc) is 3.08. The monoisotopic (exact) mass is 464 g/mol. The van der Waals surface area contributed by atoms with Crippen LogP contribution in [0.15, 0.2) is 48.5 Å². The van der Waals surface area contributed by atoms with Gasteiger partial charge in [0.2, 0.25) is 5.91 Å². The summed E-state index contributed by atoms with van der Waals surface area (Å²) < 4.78 is 5.14. The number of imide groups is 1. The number of piperidine rings is 1. The van der Waals surface area contributed by atoms with Gasteiger partial charge in [0.15, 0.2) is 0 Å². The number of amides is 5. The Labute approximate surface area is 198 Å². The van der Waals surface area contributed by atoms with Gasteiger partial charge in [0.25, 0.3) is 11.8 Å². The molecule has 0 aliphatic carbocycles. The van der Waals surface area contributed by atoms with Crippen molar-refractivity contribution in [1.82, 2.24) is 15.1 Å². The van der Waals surface area contributed by atoms with E-state index in [0.29, 0.717) is 22.6 Å². The van der Waals surface area contributed by atoms with Gasteiger partial charge in [-0.1, -0.05) is 18.2 Å². The van der Waals surface area contributed by atoms with Crippen LogP contribution in [0.2, 0.25) is 0 Å². The van der Waals surface area contributed by atoms with Crippen LogP contribution in [0.5, 0.6) is 5.75 Å². The van der Waals surface area contributed by atoms with Gasteiger partial charge in [-0.2, -0.15) is 0 Å². The molecule has 1 unspecified atom stereocenters. The van der Waals surface area contributed by atoms with E-state index in [9.17, 15) is 19.2 Å². The molecule has 0 radical (unpaired) electrons. The van der Waals surface area contributed by atoms with Crippen molar-refractivity contribution < 1.29 is 23.9 Å². The largest absolute Gasteiger partial charge is 0.497 e. The molecule has 0 bridgehead atoms. The summed E-state index contributed by atoms with van der Waals surface area (Å²) in [6, 6.07) is 12.8. The van der Waals surface area contributed by atoms with E-state index in [2.05, 4.69) is 10.6 Å². The van der Waals surface area contributed by atoms with Crippen molar-refractivity contribution in [2.45, 2.75) is 31.7 Å². The first kappa shape index (κ1) is 23.3. The van der Waals surface area contributed by atoms with Crippen LogP contribution < -0.4 is 15.4 Å². The second-order valence-corrected chi connectivity index (χ2v) is 8.66. The molecule has 2 fully saturated rings. The molecule has 4 rings (SSSR count). The first-order chi connectivity index (χ1) is 16.3. The number of hydrogen-bond acceptors (Lipinski definition) is 5. The molecule has 2 aliphatic rings. The van der Waals surface area contributed by atoms with Gasteiger partial charge >= 0.3 is 6.03 Å². The lowest BCUT2D eigenvalue weighted by Crippen LogP contribution is -2.42. The number of hydrogen-bond donors (Lipinski definition) is 2. The van der Waals surface area contributed by atoms with Gasteiger partial charge in [-0.15, -0.1) is 0 Å². The zero-order valence-electron chi connectivity index (χ0n) is 19.3. The minimum atomic E-state index is -1.29. The van der Waals surface area contributed by atoms with Crippen LogP contribution in [0.3, 0.4) is 0 Å². The van der Waals surface area contributed by atoms with Gasteiger partial charge in [0, 0.05) is 24.3 Å². The molecule has 2 aliphatic heterocycles. The fourth-order valence-electron chi connectivity index (χ4n) is 4.31. The molecular formula is C25H28N4O5. The highest BCUT2D eigenvalue weighted by Gasteiger charge is 2.49. The minimum Gasteiger partial charge on any atom is -0.497 e. The van der Waals surface area contributed by atoms with E-state index < -0.39 is 29.9 Å². The Morgan fingerprint density at radius 3 is 2.44 bits per heavy atom. The lowest BCUT2D eigenvalue weighted by molar-refractivity contribution is -0.133. The molecule has 5 amide bonds. The molecule has 9 nitrogen and oxygen atoms in total. The van der Waals surface area contributed by atoms with Crippen LogP contribution in [0.25, 0.3) is 0 Å². The second kappa shape index (κ2) is 9.54. The third-order valence-electron chi connectivity index (χ3n) is 6.28. The molecule has 2 saturated heterocycles. The third-order valence-corrected chi connectivity index (χ3v) is 6.28. The number of nitrogens with zero attached hydrogens (tertiary/aromatic N) is 2. The van der Waals surface area contributed by atoms with Crippen LogP contribution in [0.4, 0.5) is 10.5 Å². The molecule has 2 aromatic carbocycles. The lowest BCUT2D eigenvalue weighted by Gasteiger charge is -2.26. The Bertz CT molecular complexity index is 1110. The number of urea groups is 1. The molecule has 9 heteroatoms. The summed E-state index contributed by atoms with van der Waals surface area (Å²) in [5.74, 6) is -0.501. The van der Waals surface area contributed by atoms with Crippen LogP contribution in [0.1, 0.15) is 42.1 Å². The predicted molar refractivity (Wildman–Crippen MR) is 125 cm³/mol. The highest BCUT2D eigenvalue weighted by molar-refractivity contribution is 6.10. The first-order valence-corrected chi connectivity index (χ1v) is 11.3. The summed E-state index contributed by atoms with van der Waals surface area (Å²) in [5.41, 5.74) is 0.211. The summed E-state index contributed by atoms with van der Waals surface area (Å²) in [6.45, 7) is 2.62. The van der Waals surface area contributed by atoms with Gasteiger partial charge in [-0.25, -0.2) is 4.79 Å². The molecule has 0 aromatic heterocycles. The highest BCUT2D eigenvalue weighted by atomic mass is 16.5. The van der Waals surface area contributed by atoms with Crippen LogP contribution in [-0.4, -0.2) is 60.3 Å². The zero-order valence-corrected chi connectivity index (χ0v) is 19.3. The van der Waals surface area contributed by atoms with Crippen molar-refractivity contribution in [2.24, 2.45) is 0 Å². The lowest BCUT2D eigenvalue weighted by atomic mass is 9.92. The average molecular weight is 465 g/mol. The Kier molecular flexibility index (Phi) is 6.54. The number of benzene rings is 2. The van der Waals surface area contributed by atoms with Crippen LogP contribution in [-0.2, 0) is 15.1 Å². The molecule has 178 valence electrons. The van der Waals surface area contributed by atoms with Crippen molar-refractivity contribution in [1.29, 1.82) is 0 Å². The van der Waals surface area contributed by atoms with E-state index in [-0.39, 0.29) is 5.91 Å². The van der Waals surface area contributed by atoms with Gasteiger partial charge in [-0.3, -0.25) is 19.3 Å². The molecule has 0 spiro atoms. The number of nitrogens with one attached hydrogen (secondary N) is 2. The summed E-state index contributed by atoms with van der Waals surface area (Å²) in [6.07, 6.45) is 3.10. The molecule has 2 heterocycles. The maximum absolute atomic E-state index is 13.1. The smallest absolute Gasteiger partial charge is 0.325 e. The molecule has 0 saturated carbocycles. The summed E-state index contributed by atoms with van der Waals surface area (Å²) in [5, 5.41) is 5.37. The van der Waals surface area contributed by atoms with Gasteiger partial charge in [0.05, 0.1) is 7.11 Å². The van der Waals surface area contributed by atoms with E-state index in [0.717, 1.165) is 37.3 Å². The standard InChI is InChI=1S/C25H28N4O5/c1-25(18-9-11-20(34-2)12-10-18)23(32)29(24(33)27-25)16-21(30)26-19-8-6-7-17(15-19)22(31)28-13-4-3-5-14-28/h6-12,15H,3-5,13-14,16H2,1-2H3,(H,26,30)(H,27,33). The number of ether oxygens (including phenoxy) is 1. The number of methoxy groups -OCH3 is 1. The van der Waals surface area contributed by atoms with E-state index in [1.54, 1.807) is 62.6 Å². The van der Waals surface area contributed by atoms with Crippen molar-refractivity contribution in [3.05, 3.63) is 59.7 Å². The van der Waals surface area contributed by atoms with E-state index in [1.807, 2.05) is 4.90 Å². The van der Waals surface area contributed by atoms with Crippen molar-refractivity contribution >= 4 is 29.4 Å². The van der Waals surface area contributed by atoms with Crippen molar-refractivity contribution in [3.63, 3.8) is 0 Å². The normalized spacial score (nSPS) is 20.2. The summed E-state index contributed by atoms with van der Waals surface area (Å²) in [4.78, 5) is 53.8. The number of carbonyl (C=O) groups excluding carboxylic acids is 4. The van der Waals surface area contributed by atoms with E-state index >= 15 is 0 Å². The SMILES string of the molecule is COc1ccc(C2(C)NC(=O)N(CC(=O)Nc3cccc(C(=O)N4CCCCC4)c3)C2=O)cc1. The highest BCUT2D eigenvalue weighted by Crippen LogP contribution is 2.30. The first-order valence-electron chi connectivity index (χ1n) is 11.3. The van der Waals surface area contributed by atoms with E-state index in [1.165, 1.54) is 0 Å². The number of likely N-dealkylation sites (tertiary alicyclic amines) is 1. The molecular weight excluding hydrogens is 436 g/mol. The number of carbonyl (C=O) groups is 4. The molecule has 2 N–H and O–H groups in total. The molecule has 34 heavy (non-hydrogen) atoms. The van der Waals surface area contributed by atoms with Crippen LogP contribution in [0, 0.1) is 0 Å². The summed E-state index contributed by atoms with van der Waals surface area (Å²) in [7, 11) is 1.54. The third kappa shape index (κ3) is 4.59. The number of rotatable bonds is 6. The Morgan fingerprint density at radius 1 is 1.06 bits per heavy atom. The maximum Gasteiger partial charge on any atom is 0.325 e. The van der Waals surface area contributed by atoms with E-state index in [4.69, 9.17) is 4.74 Å². The second-order valence-electron chi connectivity index (χ2n) is 8.66. The molecule has 1 atom stereocenters. The Balaban J connectivity index is 1.42. The fraction of sp³-hybridized carbons (Fsp3) is 0.360. The van der Waals surface area contributed by atoms with Crippen molar-refractivity contribution in [3.8, 4) is 5.75 Å². The predicted octanol–water partition coefficient (Wildman–Crippen LogP) is 2.73. The fourth-order valence-corrected chi connectivity index (χ4v) is 4.31. The zero-order chi connectivity index (χ0) is 24.3. The minimum absolute atomic E-state index is 0.0693. The Morgan fingerprint density at radius 2 is 1.76 bits per heavy atom. The number of anilines is 1. The van der Waals surface area contributed by atoms with Crippen LogP contribution >= 0.6 is 0 Å². The quantitative estimate of drug-likeness (QED) is 0.639. The van der Waals surface area contributed by atoms with Crippen molar-refractivity contribution in [2.75, 3.05) is 32.1 Å². The van der Waals surface area contributed by atoms with Gasteiger partial charge < -0.3 is 20.3 Å². The molecule has 2 aromatic rings. The van der Waals surface area contributed by atoms with Gasteiger partial charge in [0.1, 0.15) is 17.8 Å². The summed E-state index contributed by atoms with van der Waals surface area (Å²) >= 11 is 0. The Hall–Kier alpha value is -3.88. The topological polar surface area (TPSA) is 108 Å².